The van der Waals surface area contributed by atoms with Crippen LogP contribution in [0.25, 0.3) is 11.5 Å². The third-order valence-electron chi connectivity index (χ3n) is 3.78. The van der Waals surface area contributed by atoms with Crippen molar-refractivity contribution in [2.75, 3.05) is 0 Å². The number of carbonyl (C=O) groups is 1. The Hall–Kier alpha value is -3.35. The molecule has 2 heterocycles. The average molecular weight is 335 g/mol. The first-order chi connectivity index (χ1) is 12.0. The lowest BCUT2D eigenvalue weighted by Crippen LogP contribution is -2.42. The van der Waals surface area contributed by atoms with Gasteiger partial charge in [0.25, 0.3) is 11.5 Å². The Labute approximate surface area is 144 Å². The van der Waals surface area contributed by atoms with E-state index in [1.165, 1.54) is 12.4 Å². The van der Waals surface area contributed by atoms with Gasteiger partial charge in [0.2, 0.25) is 0 Å². The molecule has 126 valence electrons. The van der Waals surface area contributed by atoms with Crippen LogP contribution in [0.2, 0.25) is 0 Å². The van der Waals surface area contributed by atoms with Gasteiger partial charge >= 0.3 is 0 Å². The molecule has 2 N–H and O–H groups in total. The van der Waals surface area contributed by atoms with E-state index in [2.05, 4.69) is 25.5 Å². The number of carbonyl (C=O) groups excluding carboxylic acids is 1. The van der Waals surface area contributed by atoms with E-state index >= 15 is 0 Å². The smallest absolute Gasteiger partial charge is 0.264 e. The number of H-pyrrole nitrogens is 1. The van der Waals surface area contributed by atoms with Gasteiger partial charge in [0.1, 0.15) is 11.3 Å². The molecule has 0 bridgehead atoms. The molecule has 25 heavy (non-hydrogen) atoms. The standard InChI is InChI=1S/C18H17N5O2/c1-18(2,12-7-4-3-5-8-12)22-17(25)13-11-19-15(21-16(13)24)14-9-6-10-20-23-14/h3-11H,1-2H3,(H,22,25)(H,19,21,24). The van der Waals surface area contributed by atoms with Gasteiger partial charge < -0.3 is 10.3 Å². The third kappa shape index (κ3) is 3.60. The number of hydrogen-bond donors (Lipinski definition) is 2. The van der Waals surface area contributed by atoms with Crippen molar-refractivity contribution in [1.82, 2.24) is 25.5 Å². The summed E-state index contributed by atoms with van der Waals surface area (Å²) < 4.78 is 0. The van der Waals surface area contributed by atoms with Crippen LogP contribution in [-0.4, -0.2) is 26.1 Å². The average Bonchev–Trinajstić information content (AvgIpc) is 2.62. The summed E-state index contributed by atoms with van der Waals surface area (Å²) in [4.78, 5) is 31.5. The van der Waals surface area contributed by atoms with Crippen molar-refractivity contribution in [3.8, 4) is 11.5 Å². The van der Waals surface area contributed by atoms with E-state index in [1.54, 1.807) is 12.1 Å². The van der Waals surface area contributed by atoms with E-state index in [9.17, 15) is 9.59 Å². The van der Waals surface area contributed by atoms with E-state index in [1.807, 2.05) is 44.2 Å². The lowest BCUT2D eigenvalue weighted by atomic mass is 9.94. The molecule has 0 fully saturated rings. The van der Waals surface area contributed by atoms with Gasteiger partial charge in [0.05, 0.1) is 5.54 Å². The van der Waals surface area contributed by atoms with Crippen LogP contribution in [0, 0.1) is 0 Å². The van der Waals surface area contributed by atoms with Gasteiger partial charge in [-0.2, -0.15) is 5.10 Å². The zero-order valence-electron chi connectivity index (χ0n) is 13.9. The van der Waals surface area contributed by atoms with Crippen molar-refractivity contribution in [3.05, 3.63) is 76.3 Å². The first-order valence-electron chi connectivity index (χ1n) is 7.73. The summed E-state index contributed by atoms with van der Waals surface area (Å²) in [5, 5.41) is 10.5. The Kier molecular flexibility index (Phi) is 4.38. The van der Waals surface area contributed by atoms with Crippen molar-refractivity contribution in [2.45, 2.75) is 19.4 Å². The van der Waals surface area contributed by atoms with E-state index in [4.69, 9.17) is 0 Å². The highest BCUT2D eigenvalue weighted by molar-refractivity contribution is 5.94. The van der Waals surface area contributed by atoms with Gasteiger partial charge in [0, 0.05) is 12.4 Å². The Balaban J connectivity index is 1.85. The molecule has 7 heteroatoms. The zero-order chi connectivity index (χ0) is 17.9. The molecule has 0 aliphatic carbocycles. The SMILES string of the molecule is CC(C)(NC(=O)c1cnc(-c2cccnn2)[nH]c1=O)c1ccccc1. The van der Waals surface area contributed by atoms with Gasteiger partial charge in [-0.25, -0.2) is 4.98 Å². The van der Waals surface area contributed by atoms with Gasteiger partial charge in [0.15, 0.2) is 5.82 Å². The lowest BCUT2D eigenvalue weighted by Gasteiger charge is -2.26. The third-order valence-corrected chi connectivity index (χ3v) is 3.78. The minimum Gasteiger partial charge on any atom is -0.343 e. The number of rotatable bonds is 4. The summed E-state index contributed by atoms with van der Waals surface area (Å²) in [5.41, 5.74) is 0.141. The van der Waals surface area contributed by atoms with Crippen molar-refractivity contribution < 1.29 is 4.79 Å². The predicted octanol–water partition coefficient (Wildman–Crippen LogP) is 1.89. The molecular formula is C18H17N5O2. The van der Waals surface area contributed by atoms with Crippen LogP contribution in [0.5, 0.6) is 0 Å². The van der Waals surface area contributed by atoms with E-state index < -0.39 is 17.0 Å². The molecule has 1 aromatic carbocycles. The number of aromatic amines is 1. The predicted molar refractivity (Wildman–Crippen MR) is 92.8 cm³/mol. The maximum Gasteiger partial charge on any atom is 0.264 e. The second kappa shape index (κ2) is 6.64. The van der Waals surface area contributed by atoms with Crippen molar-refractivity contribution in [2.24, 2.45) is 0 Å². The van der Waals surface area contributed by atoms with E-state index in [0.29, 0.717) is 5.69 Å². The number of hydrogen-bond acceptors (Lipinski definition) is 5. The molecule has 0 spiro atoms. The van der Waals surface area contributed by atoms with E-state index in [-0.39, 0.29) is 11.4 Å². The fourth-order valence-electron chi connectivity index (χ4n) is 2.39. The van der Waals surface area contributed by atoms with Crippen molar-refractivity contribution >= 4 is 5.91 Å². The van der Waals surface area contributed by atoms with Crippen molar-refractivity contribution in [1.29, 1.82) is 0 Å². The Morgan fingerprint density at radius 1 is 1.12 bits per heavy atom. The minimum absolute atomic E-state index is 0.0587. The topological polar surface area (TPSA) is 101 Å². The highest BCUT2D eigenvalue weighted by Gasteiger charge is 2.24. The molecule has 3 rings (SSSR count). The maximum atomic E-state index is 12.5. The van der Waals surface area contributed by atoms with Gasteiger partial charge in [-0.1, -0.05) is 30.3 Å². The van der Waals surface area contributed by atoms with Crippen LogP contribution < -0.4 is 10.9 Å². The molecule has 0 saturated carbocycles. The highest BCUT2D eigenvalue weighted by atomic mass is 16.2. The van der Waals surface area contributed by atoms with Gasteiger partial charge in [-0.15, -0.1) is 5.10 Å². The summed E-state index contributed by atoms with van der Waals surface area (Å²) in [7, 11) is 0. The summed E-state index contributed by atoms with van der Waals surface area (Å²) in [6.45, 7) is 3.74. The van der Waals surface area contributed by atoms with Crippen LogP contribution >= 0.6 is 0 Å². The lowest BCUT2D eigenvalue weighted by molar-refractivity contribution is 0.0910. The molecule has 0 aliphatic rings. The normalized spacial score (nSPS) is 11.1. The largest absolute Gasteiger partial charge is 0.343 e. The minimum atomic E-state index is -0.631. The summed E-state index contributed by atoms with van der Waals surface area (Å²) >= 11 is 0. The first-order valence-corrected chi connectivity index (χ1v) is 7.73. The van der Waals surface area contributed by atoms with Gasteiger partial charge in [-0.05, 0) is 31.5 Å². The Morgan fingerprint density at radius 2 is 1.88 bits per heavy atom. The number of amides is 1. The monoisotopic (exact) mass is 335 g/mol. The van der Waals surface area contributed by atoms with Crippen LogP contribution in [0.1, 0.15) is 29.8 Å². The molecule has 0 atom stereocenters. The molecule has 1 amide bonds. The Morgan fingerprint density at radius 3 is 2.52 bits per heavy atom. The van der Waals surface area contributed by atoms with Crippen LogP contribution in [-0.2, 0) is 5.54 Å². The number of benzene rings is 1. The highest BCUT2D eigenvalue weighted by Crippen LogP contribution is 2.19. The second-order valence-corrected chi connectivity index (χ2v) is 6.03. The summed E-state index contributed by atoms with van der Waals surface area (Å²) in [6, 6.07) is 12.9. The van der Waals surface area contributed by atoms with Gasteiger partial charge in [-0.3, -0.25) is 9.59 Å². The molecule has 0 saturated heterocycles. The maximum absolute atomic E-state index is 12.5. The van der Waals surface area contributed by atoms with Crippen LogP contribution in [0.4, 0.5) is 0 Å². The number of nitrogens with one attached hydrogen (secondary N) is 2. The van der Waals surface area contributed by atoms with Crippen LogP contribution in [0.15, 0.2) is 59.7 Å². The van der Waals surface area contributed by atoms with E-state index in [0.717, 1.165) is 5.56 Å². The summed E-state index contributed by atoms with van der Waals surface area (Å²) in [5.74, 6) is -0.231. The zero-order valence-corrected chi connectivity index (χ0v) is 13.9. The quantitative estimate of drug-likeness (QED) is 0.758. The molecule has 0 aliphatic heterocycles. The number of aromatic nitrogens is 4. The molecule has 3 aromatic rings. The Bertz CT molecular complexity index is 936. The molecule has 7 nitrogen and oxygen atoms in total. The van der Waals surface area contributed by atoms with Crippen molar-refractivity contribution in [3.63, 3.8) is 0 Å². The molecular weight excluding hydrogens is 318 g/mol. The summed E-state index contributed by atoms with van der Waals surface area (Å²) in [6.07, 6.45) is 2.77. The van der Waals surface area contributed by atoms with Crippen LogP contribution in [0.3, 0.4) is 0 Å². The first kappa shape index (κ1) is 16.5. The fraction of sp³-hybridized carbons (Fsp3) is 0.167. The second-order valence-electron chi connectivity index (χ2n) is 6.03. The molecule has 2 aromatic heterocycles. The number of nitrogens with zero attached hydrogens (tertiary/aromatic N) is 3. The molecule has 0 unspecified atom stereocenters. The molecule has 0 radical (unpaired) electrons. The fourth-order valence-corrected chi connectivity index (χ4v) is 2.39.